The van der Waals surface area contributed by atoms with Gasteiger partial charge >= 0.3 is 0 Å². The van der Waals surface area contributed by atoms with E-state index in [0.717, 1.165) is 16.7 Å². The molecule has 2 aromatic rings. The second kappa shape index (κ2) is 5.64. The molecule has 0 saturated heterocycles. The van der Waals surface area contributed by atoms with Crippen LogP contribution in [-0.4, -0.2) is 5.78 Å². The van der Waals surface area contributed by atoms with Crippen LogP contribution in [0.25, 0.3) is 6.08 Å². The summed E-state index contributed by atoms with van der Waals surface area (Å²) in [5.74, 6) is -0.196. The molecule has 0 unspecified atom stereocenters. The maximum atomic E-state index is 12.3. The van der Waals surface area contributed by atoms with Gasteiger partial charge in [0, 0.05) is 0 Å². The monoisotopic (exact) mass is 267 g/mol. The number of benzene rings is 1. The SMILES string of the molecule is Cc1ccccc1/C=C(\C#N)C(=O)c1sccc1C. The predicted octanol–water partition coefficient (Wildman–Crippen LogP) is 4.15. The van der Waals surface area contributed by atoms with Crippen molar-refractivity contribution in [3.63, 3.8) is 0 Å². The van der Waals surface area contributed by atoms with Crippen LogP contribution >= 0.6 is 11.3 Å². The van der Waals surface area contributed by atoms with Gasteiger partial charge in [-0.1, -0.05) is 24.3 Å². The molecular formula is C16H13NOS. The first kappa shape index (κ1) is 13.3. The van der Waals surface area contributed by atoms with E-state index >= 15 is 0 Å². The normalized spacial score (nSPS) is 11.1. The Kier molecular flexibility index (Phi) is 3.94. The molecule has 2 nitrogen and oxygen atoms in total. The second-order valence-electron chi connectivity index (χ2n) is 4.29. The Bertz CT molecular complexity index is 689. The van der Waals surface area contributed by atoms with Crippen LogP contribution in [0.5, 0.6) is 0 Å². The molecule has 0 atom stereocenters. The molecular weight excluding hydrogens is 254 g/mol. The number of hydrogen-bond donors (Lipinski definition) is 0. The lowest BCUT2D eigenvalue weighted by molar-refractivity contribution is 0.104. The number of aryl methyl sites for hydroxylation is 2. The maximum Gasteiger partial charge on any atom is 0.213 e. The number of Topliss-reactive ketones (excluding diaryl/α,β-unsaturated/α-hetero) is 1. The van der Waals surface area contributed by atoms with E-state index in [2.05, 4.69) is 0 Å². The van der Waals surface area contributed by atoms with Crippen molar-refractivity contribution >= 4 is 23.2 Å². The van der Waals surface area contributed by atoms with Crippen LogP contribution in [0.2, 0.25) is 0 Å². The highest BCUT2D eigenvalue weighted by molar-refractivity contribution is 7.12. The van der Waals surface area contributed by atoms with Crippen molar-refractivity contribution in [2.75, 3.05) is 0 Å². The molecule has 94 valence electrons. The lowest BCUT2D eigenvalue weighted by Crippen LogP contribution is -2.01. The van der Waals surface area contributed by atoms with Crippen LogP contribution in [-0.2, 0) is 0 Å². The van der Waals surface area contributed by atoms with Gasteiger partial charge in [0.2, 0.25) is 5.78 Å². The lowest BCUT2D eigenvalue weighted by Gasteiger charge is -2.01. The highest BCUT2D eigenvalue weighted by Crippen LogP contribution is 2.21. The molecule has 0 N–H and O–H groups in total. The molecule has 1 aromatic heterocycles. The van der Waals surface area contributed by atoms with E-state index in [4.69, 9.17) is 0 Å². The highest BCUT2D eigenvalue weighted by Gasteiger charge is 2.15. The molecule has 0 bridgehead atoms. The molecule has 0 spiro atoms. The van der Waals surface area contributed by atoms with Crippen molar-refractivity contribution in [2.24, 2.45) is 0 Å². The van der Waals surface area contributed by atoms with Gasteiger partial charge in [-0.2, -0.15) is 5.26 Å². The Morgan fingerprint density at radius 2 is 1.95 bits per heavy atom. The Balaban J connectivity index is 2.42. The first-order valence-corrected chi connectivity index (χ1v) is 6.77. The van der Waals surface area contributed by atoms with Gasteiger partial charge < -0.3 is 0 Å². The summed E-state index contributed by atoms with van der Waals surface area (Å²) < 4.78 is 0. The zero-order valence-electron chi connectivity index (χ0n) is 10.8. The molecule has 1 heterocycles. The summed E-state index contributed by atoms with van der Waals surface area (Å²) >= 11 is 1.37. The zero-order chi connectivity index (χ0) is 13.8. The van der Waals surface area contributed by atoms with Gasteiger partial charge in [-0.25, -0.2) is 0 Å². The van der Waals surface area contributed by atoms with Crippen molar-refractivity contribution in [1.82, 2.24) is 0 Å². The Labute approximate surface area is 116 Å². The van der Waals surface area contributed by atoms with Gasteiger partial charge in [0.05, 0.1) is 4.88 Å². The Morgan fingerprint density at radius 1 is 1.21 bits per heavy atom. The largest absolute Gasteiger partial charge is 0.287 e. The molecule has 0 fully saturated rings. The third-order valence-corrected chi connectivity index (χ3v) is 3.94. The van der Waals surface area contributed by atoms with Crippen LogP contribution in [0.1, 0.15) is 26.4 Å². The molecule has 2 rings (SSSR count). The van der Waals surface area contributed by atoms with Gasteiger partial charge in [0.15, 0.2) is 0 Å². The molecule has 3 heteroatoms. The molecule has 0 saturated carbocycles. The van der Waals surface area contributed by atoms with Crippen LogP contribution in [0.4, 0.5) is 0 Å². The number of nitrogens with zero attached hydrogens (tertiary/aromatic N) is 1. The quantitative estimate of drug-likeness (QED) is 0.476. The van der Waals surface area contributed by atoms with Gasteiger partial charge in [-0.15, -0.1) is 11.3 Å². The minimum atomic E-state index is -0.196. The van der Waals surface area contributed by atoms with E-state index in [1.54, 1.807) is 6.08 Å². The summed E-state index contributed by atoms with van der Waals surface area (Å²) in [6, 6.07) is 11.6. The van der Waals surface area contributed by atoms with Crippen molar-refractivity contribution in [1.29, 1.82) is 5.26 Å². The number of carbonyl (C=O) groups excluding carboxylic acids is 1. The van der Waals surface area contributed by atoms with Crippen LogP contribution in [0.15, 0.2) is 41.3 Å². The van der Waals surface area contributed by atoms with Gasteiger partial charge in [0.1, 0.15) is 11.6 Å². The van der Waals surface area contributed by atoms with Crippen molar-refractivity contribution in [3.8, 4) is 6.07 Å². The summed E-state index contributed by atoms with van der Waals surface area (Å²) in [4.78, 5) is 12.9. The van der Waals surface area contributed by atoms with Crippen molar-refractivity contribution in [2.45, 2.75) is 13.8 Å². The van der Waals surface area contributed by atoms with Gasteiger partial charge in [0.25, 0.3) is 0 Å². The first-order valence-electron chi connectivity index (χ1n) is 5.89. The van der Waals surface area contributed by atoms with Crippen LogP contribution in [0, 0.1) is 25.2 Å². The van der Waals surface area contributed by atoms with Crippen molar-refractivity contribution < 1.29 is 4.79 Å². The average molecular weight is 267 g/mol. The standard InChI is InChI=1S/C16H13NOS/c1-11-5-3-4-6-13(11)9-14(10-17)15(18)16-12(2)7-8-19-16/h3-9H,1-2H3/b14-9+. The predicted molar refractivity (Wildman–Crippen MR) is 78.2 cm³/mol. The molecule has 0 aliphatic rings. The zero-order valence-corrected chi connectivity index (χ0v) is 11.6. The Hall–Kier alpha value is -2.18. The number of ketones is 1. The number of carbonyl (C=O) groups is 1. The molecule has 1 aromatic carbocycles. The molecule has 0 aliphatic carbocycles. The third-order valence-electron chi connectivity index (χ3n) is 2.92. The minimum Gasteiger partial charge on any atom is -0.287 e. The fourth-order valence-electron chi connectivity index (χ4n) is 1.78. The summed E-state index contributed by atoms with van der Waals surface area (Å²) in [7, 11) is 0. The van der Waals surface area contributed by atoms with Crippen LogP contribution in [0.3, 0.4) is 0 Å². The smallest absolute Gasteiger partial charge is 0.213 e. The molecule has 19 heavy (non-hydrogen) atoms. The molecule has 0 radical (unpaired) electrons. The fraction of sp³-hybridized carbons (Fsp3) is 0.125. The van der Waals surface area contributed by atoms with E-state index in [0.29, 0.717) is 4.88 Å². The number of hydrogen-bond acceptors (Lipinski definition) is 3. The van der Waals surface area contributed by atoms with E-state index in [1.165, 1.54) is 11.3 Å². The molecule has 0 aliphatic heterocycles. The van der Waals surface area contributed by atoms with E-state index in [-0.39, 0.29) is 11.4 Å². The molecule has 0 amide bonds. The summed E-state index contributed by atoms with van der Waals surface area (Å²) in [5, 5.41) is 11.1. The van der Waals surface area contributed by atoms with Gasteiger partial charge in [-0.05, 0) is 48.1 Å². The average Bonchev–Trinajstić information content (AvgIpc) is 2.83. The number of thiophene rings is 1. The second-order valence-corrected chi connectivity index (χ2v) is 5.20. The summed E-state index contributed by atoms with van der Waals surface area (Å²) in [6.07, 6.45) is 1.66. The number of allylic oxidation sites excluding steroid dienone is 1. The third kappa shape index (κ3) is 2.81. The topological polar surface area (TPSA) is 40.9 Å². The number of nitriles is 1. The lowest BCUT2D eigenvalue weighted by atomic mass is 10.0. The summed E-state index contributed by atoms with van der Waals surface area (Å²) in [5.41, 5.74) is 3.05. The van der Waals surface area contributed by atoms with E-state index in [1.807, 2.05) is 55.6 Å². The van der Waals surface area contributed by atoms with E-state index in [9.17, 15) is 10.1 Å². The highest BCUT2D eigenvalue weighted by atomic mass is 32.1. The summed E-state index contributed by atoms with van der Waals surface area (Å²) in [6.45, 7) is 3.84. The van der Waals surface area contributed by atoms with Crippen LogP contribution < -0.4 is 0 Å². The van der Waals surface area contributed by atoms with Gasteiger partial charge in [-0.3, -0.25) is 4.79 Å². The minimum absolute atomic E-state index is 0.180. The first-order chi connectivity index (χ1) is 9.13. The maximum absolute atomic E-state index is 12.3. The Morgan fingerprint density at radius 3 is 2.53 bits per heavy atom. The fourth-order valence-corrected chi connectivity index (χ4v) is 2.66. The van der Waals surface area contributed by atoms with E-state index < -0.39 is 0 Å². The van der Waals surface area contributed by atoms with Crippen molar-refractivity contribution in [3.05, 3.63) is 62.9 Å². The number of rotatable bonds is 3.